The van der Waals surface area contributed by atoms with E-state index in [9.17, 15) is 0 Å². The van der Waals surface area contributed by atoms with Gasteiger partial charge >= 0.3 is 151 Å². The van der Waals surface area contributed by atoms with Crippen molar-refractivity contribution in [3.05, 3.63) is 82.9 Å². The molecule has 2 unspecified atom stereocenters. The summed E-state index contributed by atoms with van der Waals surface area (Å²) >= 11 is -0.929. The van der Waals surface area contributed by atoms with E-state index in [1.54, 1.807) is 20.0 Å². The van der Waals surface area contributed by atoms with Gasteiger partial charge < -0.3 is 0 Å². The summed E-state index contributed by atoms with van der Waals surface area (Å²) in [5, 5.41) is 0. The van der Waals surface area contributed by atoms with E-state index in [0.717, 1.165) is 10.1 Å². The van der Waals surface area contributed by atoms with Gasteiger partial charge in [0.1, 0.15) is 0 Å². The monoisotopic (exact) mass is 466 g/mol. The second kappa shape index (κ2) is 6.36. The number of fused-ring (bicyclic) bond motifs is 2. The van der Waals surface area contributed by atoms with E-state index in [1.807, 2.05) is 0 Å². The van der Waals surface area contributed by atoms with E-state index in [1.165, 1.54) is 17.5 Å². The molecule has 114 valence electrons. The number of rotatable bonds is 4. The van der Waals surface area contributed by atoms with E-state index in [4.69, 9.17) is 0 Å². The average Bonchev–Trinajstić information content (AvgIpc) is 3.17. The normalized spacial score (nSPS) is 19.7. The second-order valence-electron chi connectivity index (χ2n) is 6.62. The summed E-state index contributed by atoms with van der Waals surface area (Å²) in [5.41, 5.74) is 7.83. The molecule has 0 aliphatic heterocycles. The van der Waals surface area contributed by atoms with Gasteiger partial charge in [-0.3, -0.25) is 0 Å². The summed E-state index contributed by atoms with van der Waals surface area (Å²) < 4.78 is 2.45. The van der Waals surface area contributed by atoms with Crippen molar-refractivity contribution in [1.29, 1.82) is 0 Å². The molecule has 0 radical (unpaired) electrons. The molecule has 4 rings (SSSR count). The van der Waals surface area contributed by atoms with Crippen LogP contribution in [0.2, 0.25) is 0 Å². The first kappa shape index (κ1) is 15.3. The van der Waals surface area contributed by atoms with Crippen LogP contribution in [0.4, 0.5) is 0 Å². The van der Waals surface area contributed by atoms with Crippen molar-refractivity contribution < 1.29 is 22.9 Å². The van der Waals surface area contributed by atoms with Gasteiger partial charge in [0.15, 0.2) is 0 Å². The van der Waals surface area contributed by atoms with Gasteiger partial charge in [-0.2, -0.15) is 0 Å². The molecule has 0 N–H and O–H groups in total. The standard InChI is InChI=1S/C13H15.C9H7.Hf/c1-3-10(2)12-9-8-11-6-4-5-7-13(11)12;1-2-5-9-7-3-6-8(9)4-1;/h4-10H,3H2,1-2H3;1-5H,6H2;. The molecule has 2 aliphatic carbocycles. The van der Waals surface area contributed by atoms with Gasteiger partial charge in [-0.1, -0.05) is 0 Å². The first-order valence-corrected chi connectivity index (χ1v) is 12.5. The number of allylic oxidation sites excluding steroid dienone is 3. The van der Waals surface area contributed by atoms with Gasteiger partial charge in [0.25, 0.3) is 0 Å². The maximum absolute atomic E-state index is 2.63. The summed E-state index contributed by atoms with van der Waals surface area (Å²) in [5.74, 6) is 0.676. The van der Waals surface area contributed by atoms with Gasteiger partial charge in [0.2, 0.25) is 0 Å². The van der Waals surface area contributed by atoms with E-state index in [0.29, 0.717) is 5.92 Å². The van der Waals surface area contributed by atoms with Crippen molar-refractivity contribution in [2.45, 2.75) is 30.4 Å². The zero-order chi connectivity index (χ0) is 15.8. The van der Waals surface area contributed by atoms with Crippen molar-refractivity contribution in [2.24, 2.45) is 5.92 Å². The quantitative estimate of drug-likeness (QED) is 0.498. The van der Waals surface area contributed by atoms with Gasteiger partial charge in [-0.05, 0) is 0 Å². The van der Waals surface area contributed by atoms with Crippen LogP contribution in [0.3, 0.4) is 0 Å². The molecule has 2 aromatic carbocycles. The fourth-order valence-corrected chi connectivity index (χ4v) is 9.58. The van der Waals surface area contributed by atoms with E-state index in [-0.39, 0.29) is 0 Å². The summed E-state index contributed by atoms with van der Waals surface area (Å²) in [7, 11) is 0. The van der Waals surface area contributed by atoms with Crippen molar-refractivity contribution >= 4 is 8.90 Å². The van der Waals surface area contributed by atoms with Crippen LogP contribution in [0.1, 0.15) is 46.2 Å². The van der Waals surface area contributed by atoms with E-state index >= 15 is 0 Å². The SMILES string of the molecule is CCC(C)C1=C[CH]([Hf][C]2=CCc3ccccc32)c2ccccc21. The van der Waals surface area contributed by atoms with Crippen LogP contribution < -0.4 is 0 Å². The van der Waals surface area contributed by atoms with Crippen LogP contribution in [-0.4, -0.2) is 0 Å². The molecule has 0 heterocycles. The Morgan fingerprint density at radius 3 is 2.61 bits per heavy atom. The molecule has 1 heteroatoms. The summed E-state index contributed by atoms with van der Waals surface area (Å²) in [6.07, 6.45) is 7.52. The summed E-state index contributed by atoms with van der Waals surface area (Å²) in [6.45, 7) is 4.68. The van der Waals surface area contributed by atoms with Crippen molar-refractivity contribution in [2.75, 3.05) is 0 Å². The van der Waals surface area contributed by atoms with Crippen molar-refractivity contribution in [1.82, 2.24) is 0 Å². The molecule has 0 fully saturated rings. The maximum atomic E-state index is 2.63. The first-order valence-electron chi connectivity index (χ1n) is 8.64. The number of hydrogen-bond donors (Lipinski definition) is 0. The number of hydrogen-bond acceptors (Lipinski definition) is 0. The Balaban J connectivity index is 1.67. The Kier molecular flexibility index (Phi) is 4.24. The molecule has 0 saturated heterocycles. The molecule has 0 bridgehead atoms. The molecule has 0 amide bonds. The third-order valence-electron chi connectivity index (χ3n) is 5.24. The summed E-state index contributed by atoms with van der Waals surface area (Å²) in [6, 6.07) is 18.1. The minimum atomic E-state index is -0.929. The zero-order valence-corrected chi connectivity index (χ0v) is 17.4. The van der Waals surface area contributed by atoms with Gasteiger partial charge in [0.05, 0.1) is 0 Å². The zero-order valence-electron chi connectivity index (χ0n) is 13.8. The van der Waals surface area contributed by atoms with Crippen molar-refractivity contribution in [3.8, 4) is 0 Å². The topological polar surface area (TPSA) is 0 Å². The Labute approximate surface area is 150 Å². The van der Waals surface area contributed by atoms with E-state index < -0.39 is 22.9 Å². The van der Waals surface area contributed by atoms with Gasteiger partial charge in [-0.15, -0.1) is 0 Å². The van der Waals surface area contributed by atoms with Gasteiger partial charge in [0, 0.05) is 0 Å². The van der Waals surface area contributed by atoms with Crippen molar-refractivity contribution in [3.63, 3.8) is 0 Å². The Bertz CT molecular complexity index is 797. The van der Waals surface area contributed by atoms with Crippen LogP contribution in [0.5, 0.6) is 0 Å². The van der Waals surface area contributed by atoms with Crippen LogP contribution in [-0.2, 0) is 29.3 Å². The Morgan fingerprint density at radius 1 is 1.04 bits per heavy atom. The molecule has 0 aromatic heterocycles. The van der Waals surface area contributed by atoms with E-state index in [2.05, 4.69) is 74.5 Å². The average molecular weight is 465 g/mol. The fourth-order valence-electron chi connectivity index (χ4n) is 3.75. The summed E-state index contributed by atoms with van der Waals surface area (Å²) in [4.78, 5) is 0. The molecular weight excluding hydrogens is 443 g/mol. The minimum absolute atomic E-state index is 0.676. The van der Waals surface area contributed by atoms with Crippen LogP contribution in [0, 0.1) is 5.92 Å². The van der Waals surface area contributed by atoms with Gasteiger partial charge in [-0.25, -0.2) is 0 Å². The molecule has 2 aromatic rings. The third kappa shape index (κ3) is 2.74. The van der Waals surface area contributed by atoms with Crippen LogP contribution in [0.15, 0.2) is 60.7 Å². The molecule has 0 spiro atoms. The van der Waals surface area contributed by atoms with Crippen LogP contribution >= 0.6 is 0 Å². The number of benzene rings is 2. The second-order valence-corrected chi connectivity index (χ2v) is 11.8. The predicted molar refractivity (Wildman–Crippen MR) is 94.7 cm³/mol. The molecular formula is C22H22Hf. The fraction of sp³-hybridized carbons (Fsp3) is 0.273. The Hall–Kier alpha value is -1.21. The molecule has 0 nitrogen and oxygen atoms in total. The molecule has 2 atom stereocenters. The van der Waals surface area contributed by atoms with Crippen LogP contribution in [0.25, 0.3) is 8.90 Å². The third-order valence-corrected chi connectivity index (χ3v) is 10.9. The first-order chi connectivity index (χ1) is 11.3. The molecule has 0 saturated carbocycles. The Morgan fingerprint density at radius 2 is 1.78 bits per heavy atom. The molecule has 23 heavy (non-hydrogen) atoms. The molecule has 2 aliphatic rings. The predicted octanol–water partition coefficient (Wildman–Crippen LogP) is 5.85.